The lowest BCUT2D eigenvalue weighted by Crippen LogP contribution is -2.63. The Balaban J connectivity index is 1.17. The van der Waals surface area contributed by atoms with Crippen molar-refractivity contribution in [2.75, 3.05) is 26.7 Å². The molecule has 33 heavy (non-hydrogen) atoms. The minimum atomic E-state index is -0.852. The summed E-state index contributed by atoms with van der Waals surface area (Å²) in [5, 5.41) is 17.1. The lowest BCUT2D eigenvalue weighted by atomic mass is 9.77. The van der Waals surface area contributed by atoms with Crippen LogP contribution < -0.4 is 15.4 Å². The van der Waals surface area contributed by atoms with Crippen LogP contribution in [0.5, 0.6) is 5.88 Å². The number of nitrogens with one attached hydrogen (secondary N) is 2. The van der Waals surface area contributed by atoms with Crippen LogP contribution in [-0.2, 0) is 10.4 Å². The molecule has 2 aromatic rings. The first-order chi connectivity index (χ1) is 15.9. The van der Waals surface area contributed by atoms with Gasteiger partial charge in [0, 0.05) is 47.5 Å². The monoisotopic (exact) mass is 472 g/mol. The summed E-state index contributed by atoms with van der Waals surface area (Å²) in [6, 6.07) is 10.7. The number of aliphatic hydroxyl groups is 1. The lowest BCUT2D eigenvalue weighted by Gasteiger charge is -2.48. The van der Waals surface area contributed by atoms with Crippen molar-refractivity contribution in [3.8, 4) is 5.88 Å². The van der Waals surface area contributed by atoms with Gasteiger partial charge < -0.3 is 20.5 Å². The predicted molar refractivity (Wildman–Crippen MR) is 124 cm³/mol. The zero-order valence-electron chi connectivity index (χ0n) is 18.6. The second-order valence-electron chi connectivity index (χ2n) is 8.76. The molecule has 2 heterocycles. The molecule has 2 aliphatic rings. The summed E-state index contributed by atoms with van der Waals surface area (Å²) in [6.45, 7) is 1.48. The van der Waals surface area contributed by atoms with Gasteiger partial charge in [0.15, 0.2) is 0 Å². The number of pyridine rings is 1. The molecule has 0 atom stereocenters. The third-order valence-electron chi connectivity index (χ3n) is 6.55. The van der Waals surface area contributed by atoms with Crippen LogP contribution in [0.2, 0.25) is 5.02 Å². The second kappa shape index (κ2) is 10.1. The maximum Gasteiger partial charge on any atom is 0.251 e. The van der Waals surface area contributed by atoms with Crippen LogP contribution in [0.4, 0.5) is 0 Å². The maximum atomic E-state index is 12.2. The first-order valence-electron chi connectivity index (χ1n) is 11.2. The van der Waals surface area contributed by atoms with Gasteiger partial charge in [-0.2, -0.15) is 0 Å². The van der Waals surface area contributed by atoms with Crippen molar-refractivity contribution in [1.82, 2.24) is 20.5 Å². The number of benzene rings is 1. The van der Waals surface area contributed by atoms with E-state index in [1.807, 2.05) is 6.07 Å². The Hall–Kier alpha value is -2.68. The van der Waals surface area contributed by atoms with E-state index in [2.05, 4.69) is 20.5 Å². The number of amides is 2. The second-order valence-corrected chi connectivity index (χ2v) is 9.20. The van der Waals surface area contributed by atoms with Crippen LogP contribution >= 0.6 is 11.6 Å². The van der Waals surface area contributed by atoms with Gasteiger partial charge in [-0.1, -0.05) is 17.7 Å². The maximum absolute atomic E-state index is 12.2. The van der Waals surface area contributed by atoms with Crippen LogP contribution in [-0.4, -0.2) is 65.6 Å². The molecule has 4 rings (SSSR count). The highest BCUT2D eigenvalue weighted by atomic mass is 35.5. The van der Waals surface area contributed by atoms with Crippen molar-refractivity contribution >= 4 is 23.4 Å². The van der Waals surface area contributed by atoms with Crippen molar-refractivity contribution in [3.05, 3.63) is 58.7 Å². The number of ether oxygens (including phenoxy) is 1. The number of hydrogen-bond donors (Lipinski definition) is 3. The number of carbonyl (C=O) groups excluding carboxylic acids is 2. The number of likely N-dealkylation sites (tertiary alicyclic amines) is 1. The van der Waals surface area contributed by atoms with E-state index >= 15 is 0 Å². The van der Waals surface area contributed by atoms with Crippen LogP contribution in [0.15, 0.2) is 42.6 Å². The molecule has 1 aliphatic carbocycles. The molecule has 0 bridgehead atoms. The molecule has 0 spiro atoms. The third-order valence-corrected chi connectivity index (χ3v) is 6.79. The lowest BCUT2D eigenvalue weighted by molar-refractivity contribution is -0.122. The number of hydrogen-bond acceptors (Lipinski definition) is 6. The van der Waals surface area contributed by atoms with E-state index < -0.39 is 5.60 Å². The van der Waals surface area contributed by atoms with E-state index in [0.717, 1.165) is 31.5 Å². The Kier molecular flexibility index (Phi) is 7.17. The minimum Gasteiger partial charge on any atom is -0.481 e. The third kappa shape index (κ3) is 5.63. The molecule has 1 saturated heterocycles. The topological polar surface area (TPSA) is 104 Å². The van der Waals surface area contributed by atoms with Gasteiger partial charge in [-0.25, -0.2) is 4.98 Å². The summed E-state index contributed by atoms with van der Waals surface area (Å²) in [4.78, 5) is 30.9. The van der Waals surface area contributed by atoms with Gasteiger partial charge in [0.25, 0.3) is 5.91 Å². The highest BCUT2D eigenvalue weighted by Crippen LogP contribution is 2.39. The van der Waals surface area contributed by atoms with Gasteiger partial charge in [0.05, 0.1) is 25.3 Å². The van der Waals surface area contributed by atoms with E-state index in [9.17, 15) is 14.7 Å². The van der Waals surface area contributed by atoms with Crippen molar-refractivity contribution in [2.45, 2.75) is 43.4 Å². The van der Waals surface area contributed by atoms with Crippen molar-refractivity contribution < 1.29 is 19.4 Å². The molecule has 3 N–H and O–H groups in total. The van der Waals surface area contributed by atoms with Crippen molar-refractivity contribution in [1.29, 1.82) is 0 Å². The minimum absolute atomic E-state index is 0.0752. The largest absolute Gasteiger partial charge is 0.481 e. The Morgan fingerprint density at radius 1 is 1.24 bits per heavy atom. The van der Waals surface area contributed by atoms with Gasteiger partial charge >= 0.3 is 0 Å². The summed E-state index contributed by atoms with van der Waals surface area (Å²) >= 11 is 5.90. The molecule has 2 amide bonds. The smallest absolute Gasteiger partial charge is 0.251 e. The molecule has 2 fully saturated rings. The summed E-state index contributed by atoms with van der Waals surface area (Å²) in [6.07, 6.45) is 4.82. The molecular formula is C24H29ClN4O4. The number of carbonyl (C=O) groups is 2. The molecule has 176 valence electrons. The molecule has 1 aromatic carbocycles. The number of methoxy groups -OCH3 is 1. The van der Waals surface area contributed by atoms with Crippen LogP contribution in [0.25, 0.3) is 0 Å². The molecule has 1 aromatic heterocycles. The zero-order chi connectivity index (χ0) is 23.4. The Bertz CT molecular complexity index is 986. The first-order valence-corrected chi connectivity index (χ1v) is 11.5. The van der Waals surface area contributed by atoms with Gasteiger partial charge in [-0.05, 0) is 49.9 Å². The number of aromatic nitrogens is 1. The number of nitrogens with zero attached hydrogens (tertiary/aromatic N) is 2. The average molecular weight is 473 g/mol. The SMILES string of the molecule is COc1ccc(C2(O)CCC(N3CC(NC(=O)CNC(=O)c4cccc(Cl)c4)C3)CC2)cn1. The fourth-order valence-electron chi connectivity index (χ4n) is 4.58. The average Bonchev–Trinajstić information content (AvgIpc) is 2.80. The van der Waals surface area contributed by atoms with Crippen molar-refractivity contribution in [2.24, 2.45) is 0 Å². The van der Waals surface area contributed by atoms with Gasteiger partial charge in [0.1, 0.15) is 0 Å². The van der Waals surface area contributed by atoms with E-state index in [1.54, 1.807) is 43.6 Å². The summed E-state index contributed by atoms with van der Waals surface area (Å²) < 4.78 is 5.09. The molecule has 1 saturated carbocycles. The molecular weight excluding hydrogens is 444 g/mol. The molecule has 9 heteroatoms. The summed E-state index contributed by atoms with van der Waals surface area (Å²) in [5.41, 5.74) is 0.401. The highest BCUT2D eigenvalue weighted by molar-refractivity contribution is 6.30. The van der Waals surface area contributed by atoms with E-state index in [-0.39, 0.29) is 24.4 Å². The molecule has 1 aliphatic heterocycles. The quantitative estimate of drug-likeness (QED) is 0.570. The Morgan fingerprint density at radius 3 is 2.64 bits per heavy atom. The molecule has 0 unspecified atom stereocenters. The highest BCUT2D eigenvalue weighted by Gasteiger charge is 2.40. The first kappa shape index (κ1) is 23.5. The van der Waals surface area contributed by atoms with Gasteiger partial charge in [0.2, 0.25) is 11.8 Å². The Morgan fingerprint density at radius 2 is 2.00 bits per heavy atom. The van der Waals surface area contributed by atoms with Crippen molar-refractivity contribution in [3.63, 3.8) is 0 Å². The van der Waals surface area contributed by atoms with Crippen LogP contribution in [0.3, 0.4) is 0 Å². The van der Waals surface area contributed by atoms with Gasteiger partial charge in [-0.15, -0.1) is 0 Å². The predicted octanol–water partition coefficient (Wildman–Crippen LogP) is 2.10. The summed E-state index contributed by atoms with van der Waals surface area (Å²) in [5.74, 6) is -0.00146. The standard InChI is InChI=1S/C24H29ClN4O4/c1-33-22-6-5-17(12-26-22)24(32)9-7-20(8-10-24)29-14-19(15-29)28-21(30)13-27-23(31)16-3-2-4-18(25)11-16/h2-6,11-12,19-20,32H,7-10,13-15H2,1H3,(H,27,31)(H,28,30). The van der Waals surface area contributed by atoms with E-state index in [1.165, 1.54) is 0 Å². The number of rotatable bonds is 7. The molecule has 8 nitrogen and oxygen atoms in total. The fourth-order valence-corrected chi connectivity index (χ4v) is 4.77. The van der Waals surface area contributed by atoms with Crippen LogP contribution in [0, 0.1) is 0 Å². The van der Waals surface area contributed by atoms with E-state index in [0.29, 0.717) is 35.3 Å². The van der Waals surface area contributed by atoms with Crippen LogP contribution in [0.1, 0.15) is 41.6 Å². The van der Waals surface area contributed by atoms with E-state index in [4.69, 9.17) is 16.3 Å². The Labute approximate surface area is 198 Å². The molecule has 0 radical (unpaired) electrons. The normalized spacial score (nSPS) is 23.4. The van der Waals surface area contributed by atoms with Gasteiger partial charge in [-0.3, -0.25) is 14.5 Å². The number of halogens is 1. The fraction of sp³-hybridized carbons (Fsp3) is 0.458. The zero-order valence-corrected chi connectivity index (χ0v) is 19.3. The summed E-state index contributed by atoms with van der Waals surface area (Å²) in [7, 11) is 1.57.